The molecule has 0 aliphatic heterocycles. The van der Waals surface area contributed by atoms with Crippen LogP contribution in [0.4, 0.5) is 0 Å². The van der Waals surface area contributed by atoms with Crippen molar-refractivity contribution >= 4 is 10.9 Å². The minimum atomic E-state index is -2.42. The molecule has 0 aromatic rings. The molecule has 0 heterocycles. The smallest absolute Gasteiger partial charge is 0.201 e. The van der Waals surface area contributed by atoms with E-state index < -0.39 is 10.9 Å². The van der Waals surface area contributed by atoms with Gasteiger partial charge in [-0.15, -0.1) is 0 Å². The molecule has 4 nitrogen and oxygen atoms in total. The molecule has 0 aliphatic carbocycles. The van der Waals surface area contributed by atoms with E-state index in [9.17, 15) is 8.42 Å². The summed E-state index contributed by atoms with van der Waals surface area (Å²) >= 11 is 0. The van der Waals surface area contributed by atoms with Gasteiger partial charge in [0, 0.05) is 20.3 Å². The minimum absolute atomic E-state index is 0.465. The van der Waals surface area contributed by atoms with Crippen molar-refractivity contribution in [1.82, 2.24) is 4.72 Å². The Morgan fingerprint density at radius 2 is 2.22 bits per heavy atom. The number of ether oxygens (including phenoxy) is 1. The Kier molecular flexibility index (Phi) is 5.91. The summed E-state index contributed by atoms with van der Waals surface area (Å²) < 4.78 is 26.6. The van der Waals surface area contributed by atoms with E-state index in [1.165, 1.54) is 0 Å². The number of rotatable bonds is 5. The van der Waals surface area contributed by atoms with Crippen LogP contribution in [0.25, 0.3) is 0 Å². The first-order chi connectivity index (χ1) is 4.27. The van der Waals surface area contributed by atoms with Crippen LogP contribution in [0.3, 0.4) is 0 Å². The molecule has 1 N–H and O–H groups in total. The van der Waals surface area contributed by atoms with Crippen molar-refractivity contribution in [2.75, 3.05) is 20.3 Å². The summed E-state index contributed by atoms with van der Waals surface area (Å²) in [7, 11) is -0.842. The zero-order valence-corrected chi connectivity index (χ0v) is 6.19. The molecule has 0 rings (SSSR count). The van der Waals surface area contributed by atoms with E-state index in [-0.39, 0.29) is 0 Å². The first kappa shape index (κ1) is 8.87. The van der Waals surface area contributed by atoms with E-state index in [0.717, 1.165) is 6.42 Å². The van der Waals surface area contributed by atoms with E-state index in [0.29, 0.717) is 13.2 Å². The van der Waals surface area contributed by atoms with Crippen molar-refractivity contribution in [3.05, 3.63) is 0 Å². The van der Waals surface area contributed by atoms with E-state index in [1.807, 2.05) is 0 Å². The molecular formula is C4H11NO3S. The molecule has 0 aromatic heterocycles. The number of thiol groups is 1. The standard InChI is InChI=1S/C4H11NO3S/c1-8-4-2-3-5-9(6)7/h9H,2-4H2,1H3,(H,5,6,7). The Bertz CT molecular complexity index is 115. The molecule has 0 spiro atoms. The Labute approximate surface area is 56.3 Å². The van der Waals surface area contributed by atoms with Gasteiger partial charge in [-0.2, -0.15) is 0 Å². The zero-order chi connectivity index (χ0) is 7.11. The van der Waals surface area contributed by atoms with Crippen molar-refractivity contribution in [3.63, 3.8) is 0 Å². The van der Waals surface area contributed by atoms with Crippen LogP contribution in [0.15, 0.2) is 0 Å². The predicted octanol–water partition coefficient (Wildman–Crippen LogP) is -0.861. The summed E-state index contributed by atoms with van der Waals surface area (Å²) in [6, 6.07) is 0. The van der Waals surface area contributed by atoms with E-state index in [4.69, 9.17) is 0 Å². The lowest BCUT2D eigenvalue weighted by Gasteiger charge is -1.94. The molecule has 0 unspecified atom stereocenters. The third-order valence-corrected chi connectivity index (χ3v) is 1.25. The third-order valence-electron chi connectivity index (χ3n) is 0.766. The molecule has 0 saturated carbocycles. The van der Waals surface area contributed by atoms with Gasteiger partial charge in [0.25, 0.3) is 0 Å². The third kappa shape index (κ3) is 7.87. The molecule has 5 heteroatoms. The highest BCUT2D eigenvalue weighted by Crippen LogP contribution is 1.75. The van der Waals surface area contributed by atoms with E-state index in [2.05, 4.69) is 9.46 Å². The van der Waals surface area contributed by atoms with Crippen LogP contribution in [-0.4, -0.2) is 28.7 Å². The molecule has 0 aromatic carbocycles. The molecule has 9 heavy (non-hydrogen) atoms. The summed E-state index contributed by atoms with van der Waals surface area (Å²) in [6.07, 6.45) is 0.722. The highest BCUT2D eigenvalue weighted by molar-refractivity contribution is 7.70. The monoisotopic (exact) mass is 153 g/mol. The minimum Gasteiger partial charge on any atom is -0.385 e. The summed E-state index contributed by atoms with van der Waals surface area (Å²) in [5.74, 6) is 0. The van der Waals surface area contributed by atoms with Crippen LogP contribution in [0.2, 0.25) is 0 Å². The summed E-state index contributed by atoms with van der Waals surface area (Å²) in [5.41, 5.74) is 0. The van der Waals surface area contributed by atoms with E-state index >= 15 is 0 Å². The molecule has 0 atom stereocenters. The van der Waals surface area contributed by atoms with E-state index in [1.54, 1.807) is 7.11 Å². The average Bonchev–Trinajstić information content (AvgIpc) is 1.80. The van der Waals surface area contributed by atoms with Crippen LogP contribution in [0, 0.1) is 0 Å². The first-order valence-corrected chi connectivity index (χ1v) is 3.82. The summed E-state index contributed by atoms with van der Waals surface area (Å²) in [6.45, 7) is 1.06. The van der Waals surface area contributed by atoms with Crippen molar-refractivity contribution in [2.45, 2.75) is 6.42 Å². The SMILES string of the molecule is COCCCN[SH](=O)=O. The summed E-state index contributed by atoms with van der Waals surface area (Å²) in [5, 5.41) is 0. The highest BCUT2D eigenvalue weighted by Gasteiger charge is 1.84. The van der Waals surface area contributed by atoms with Crippen LogP contribution >= 0.6 is 0 Å². The first-order valence-electron chi connectivity index (χ1n) is 2.64. The number of hydrogen-bond donors (Lipinski definition) is 2. The van der Waals surface area contributed by atoms with Crippen LogP contribution in [0.1, 0.15) is 6.42 Å². The Morgan fingerprint density at radius 1 is 1.56 bits per heavy atom. The number of nitrogens with one attached hydrogen (secondary N) is 1. The van der Waals surface area contributed by atoms with Gasteiger partial charge in [-0.1, -0.05) is 0 Å². The maximum atomic E-state index is 9.85. The van der Waals surface area contributed by atoms with Gasteiger partial charge in [-0.05, 0) is 6.42 Å². The van der Waals surface area contributed by atoms with Gasteiger partial charge in [0.1, 0.15) is 0 Å². The van der Waals surface area contributed by atoms with Gasteiger partial charge < -0.3 is 4.74 Å². The van der Waals surface area contributed by atoms with Crippen LogP contribution in [0.5, 0.6) is 0 Å². The van der Waals surface area contributed by atoms with Gasteiger partial charge in [0.15, 0.2) is 0 Å². The maximum Gasteiger partial charge on any atom is 0.201 e. The normalized spacial score (nSPS) is 10.4. The summed E-state index contributed by atoms with van der Waals surface area (Å²) in [4.78, 5) is 0. The Morgan fingerprint density at radius 3 is 2.67 bits per heavy atom. The number of methoxy groups -OCH3 is 1. The molecular weight excluding hydrogens is 142 g/mol. The largest absolute Gasteiger partial charge is 0.385 e. The maximum absolute atomic E-state index is 9.85. The Balaban J connectivity index is 2.92. The van der Waals surface area contributed by atoms with Crippen LogP contribution < -0.4 is 4.72 Å². The van der Waals surface area contributed by atoms with Gasteiger partial charge in [0.2, 0.25) is 10.9 Å². The lowest BCUT2D eigenvalue weighted by atomic mass is 10.5. The second-order valence-corrected chi connectivity index (χ2v) is 2.34. The van der Waals surface area contributed by atoms with Crippen molar-refractivity contribution in [1.29, 1.82) is 0 Å². The van der Waals surface area contributed by atoms with Gasteiger partial charge >= 0.3 is 0 Å². The fraction of sp³-hybridized carbons (Fsp3) is 1.00. The fourth-order valence-corrected chi connectivity index (χ4v) is 0.728. The Hall–Kier alpha value is -0.130. The molecule has 0 aliphatic rings. The second-order valence-electron chi connectivity index (χ2n) is 1.51. The average molecular weight is 153 g/mol. The van der Waals surface area contributed by atoms with Gasteiger partial charge in [0.05, 0.1) is 0 Å². The molecule has 0 amide bonds. The van der Waals surface area contributed by atoms with Crippen molar-refractivity contribution in [2.24, 2.45) is 0 Å². The lowest BCUT2D eigenvalue weighted by Crippen LogP contribution is -2.13. The van der Waals surface area contributed by atoms with Crippen molar-refractivity contribution < 1.29 is 13.2 Å². The second kappa shape index (κ2) is 6.00. The van der Waals surface area contributed by atoms with Gasteiger partial charge in [-0.3, -0.25) is 0 Å². The predicted molar refractivity (Wildman–Crippen MR) is 34.8 cm³/mol. The fourth-order valence-electron chi connectivity index (χ4n) is 0.387. The molecule has 0 radical (unpaired) electrons. The molecule has 0 bridgehead atoms. The highest BCUT2D eigenvalue weighted by atomic mass is 32.2. The number of hydrogen-bond acceptors (Lipinski definition) is 3. The van der Waals surface area contributed by atoms with Crippen molar-refractivity contribution in [3.8, 4) is 0 Å². The van der Waals surface area contributed by atoms with Gasteiger partial charge in [-0.25, -0.2) is 13.1 Å². The lowest BCUT2D eigenvalue weighted by molar-refractivity contribution is 0.196. The topological polar surface area (TPSA) is 55.4 Å². The quantitative estimate of drug-likeness (QED) is 0.399. The molecule has 0 fully saturated rings. The van der Waals surface area contributed by atoms with Crippen LogP contribution in [-0.2, 0) is 15.6 Å². The molecule has 56 valence electrons. The molecule has 0 saturated heterocycles. The zero-order valence-electron chi connectivity index (χ0n) is 5.29.